The largest absolute Gasteiger partial charge is 0.384 e. The van der Waals surface area contributed by atoms with Crippen molar-refractivity contribution in [2.75, 3.05) is 20.1 Å². The number of nitrogens with zero attached hydrogens (tertiary/aromatic N) is 2. The summed E-state index contributed by atoms with van der Waals surface area (Å²) >= 11 is 0. The summed E-state index contributed by atoms with van der Waals surface area (Å²) in [5.41, 5.74) is 9.60. The highest BCUT2D eigenvalue weighted by molar-refractivity contribution is 6.20. The molecule has 150 valence electrons. The molecular formula is C21H25N7O. The normalized spacial score (nSPS) is 17.5. The summed E-state index contributed by atoms with van der Waals surface area (Å²) in [6, 6.07) is 5.43. The first-order valence-corrected chi connectivity index (χ1v) is 9.44. The summed E-state index contributed by atoms with van der Waals surface area (Å²) in [5, 5.41) is 16.9. The van der Waals surface area contributed by atoms with Crippen molar-refractivity contribution in [3.8, 4) is 0 Å². The van der Waals surface area contributed by atoms with Gasteiger partial charge in [0.05, 0.1) is 11.3 Å². The number of carbonyl (C=O) groups excluding carboxylic acids is 1. The molecule has 1 aromatic heterocycles. The zero-order valence-corrected chi connectivity index (χ0v) is 16.3. The quantitative estimate of drug-likeness (QED) is 0.271. The highest BCUT2D eigenvalue weighted by Gasteiger charge is 2.18. The van der Waals surface area contributed by atoms with Gasteiger partial charge in [-0.1, -0.05) is 18.2 Å². The van der Waals surface area contributed by atoms with Crippen LogP contribution in [-0.4, -0.2) is 43.1 Å². The van der Waals surface area contributed by atoms with Crippen LogP contribution in [0.2, 0.25) is 0 Å². The lowest BCUT2D eigenvalue weighted by molar-refractivity contribution is -0.117. The predicted molar refractivity (Wildman–Crippen MR) is 115 cm³/mol. The molecule has 8 heteroatoms. The number of hydrogen-bond acceptors (Lipinski definition) is 6. The maximum atomic E-state index is 12.1. The van der Waals surface area contributed by atoms with Gasteiger partial charge in [0.1, 0.15) is 11.7 Å². The number of nitrogens with two attached hydrogens (primary N) is 1. The maximum absolute atomic E-state index is 12.1. The minimum atomic E-state index is -0.103. The van der Waals surface area contributed by atoms with E-state index in [-0.39, 0.29) is 11.7 Å². The lowest BCUT2D eigenvalue weighted by atomic mass is 9.93. The zero-order chi connectivity index (χ0) is 20.6. The Kier molecular flexibility index (Phi) is 6.70. The monoisotopic (exact) mass is 391 g/mol. The third-order valence-electron chi connectivity index (χ3n) is 4.60. The Hall–Kier alpha value is -3.52. The van der Waals surface area contributed by atoms with Gasteiger partial charge in [0, 0.05) is 42.8 Å². The number of aliphatic imine (C=N–C) groups is 1. The molecule has 0 atom stereocenters. The van der Waals surface area contributed by atoms with Gasteiger partial charge in [-0.3, -0.25) is 15.2 Å². The van der Waals surface area contributed by atoms with Gasteiger partial charge >= 0.3 is 0 Å². The van der Waals surface area contributed by atoms with Crippen LogP contribution in [0.15, 0.2) is 70.3 Å². The second-order valence-corrected chi connectivity index (χ2v) is 6.60. The molecule has 1 aliphatic heterocycles. The topological polar surface area (TPSA) is 128 Å². The number of allylic oxidation sites excluding steroid dienone is 4. The number of carbonyl (C=O) groups is 1. The van der Waals surface area contributed by atoms with Crippen molar-refractivity contribution in [1.82, 2.24) is 20.9 Å². The smallest absolute Gasteiger partial charge is 0.247 e. The molecule has 0 unspecified atom stereocenters. The van der Waals surface area contributed by atoms with E-state index < -0.39 is 0 Å². The molecule has 1 aromatic rings. The van der Waals surface area contributed by atoms with Crippen molar-refractivity contribution in [2.24, 2.45) is 10.7 Å². The predicted octanol–water partition coefficient (Wildman–Crippen LogP) is 1.23. The van der Waals surface area contributed by atoms with Gasteiger partial charge in [0.2, 0.25) is 5.91 Å². The standard InChI is InChI=1S/C21H25N7O/c1-24-10-11-26-21(29)15-7-5-14(6-8-15)16-12-27-20(28-13-16)18(19(22)23)17-4-2-3-9-25-17/h2-5,7,9,12-13,24,27H,6,8,10-11H2,1H3,(H3,22,23)(H,26,29)/b20-18+. The molecule has 0 bridgehead atoms. The van der Waals surface area contributed by atoms with Crippen LogP contribution in [0.4, 0.5) is 0 Å². The van der Waals surface area contributed by atoms with E-state index in [1.54, 1.807) is 24.5 Å². The highest BCUT2D eigenvalue weighted by Crippen LogP contribution is 2.26. The summed E-state index contributed by atoms with van der Waals surface area (Å²) < 4.78 is 0. The molecule has 6 N–H and O–H groups in total. The first-order chi connectivity index (χ1) is 14.1. The molecule has 2 heterocycles. The van der Waals surface area contributed by atoms with Crippen molar-refractivity contribution in [3.63, 3.8) is 0 Å². The van der Waals surface area contributed by atoms with Crippen LogP contribution in [-0.2, 0) is 4.79 Å². The van der Waals surface area contributed by atoms with Crippen LogP contribution in [0.25, 0.3) is 5.57 Å². The van der Waals surface area contributed by atoms with Crippen LogP contribution >= 0.6 is 0 Å². The molecule has 0 saturated heterocycles. The van der Waals surface area contributed by atoms with Gasteiger partial charge in [-0.15, -0.1) is 0 Å². The van der Waals surface area contributed by atoms with Gasteiger partial charge in [0.25, 0.3) is 0 Å². The average Bonchev–Trinajstić information content (AvgIpc) is 2.75. The lowest BCUT2D eigenvalue weighted by Crippen LogP contribution is -2.31. The van der Waals surface area contributed by atoms with Gasteiger partial charge in [-0.2, -0.15) is 0 Å². The van der Waals surface area contributed by atoms with Crippen molar-refractivity contribution < 1.29 is 4.79 Å². The van der Waals surface area contributed by atoms with E-state index in [1.807, 2.05) is 31.5 Å². The number of nitrogens with one attached hydrogen (secondary N) is 4. The van der Waals surface area contributed by atoms with E-state index in [0.29, 0.717) is 30.1 Å². The highest BCUT2D eigenvalue weighted by atomic mass is 16.1. The SMILES string of the molecule is CNCCNC(=O)C1=CC=C(C2=CN/C(=C(\C(=N)N)c3ccccn3)N=C2)CC1. The second-order valence-electron chi connectivity index (χ2n) is 6.60. The maximum Gasteiger partial charge on any atom is 0.247 e. The van der Waals surface area contributed by atoms with Crippen LogP contribution in [0.3, 0.4) is 0 Å². The first kappa shape index (κ1) is 20.2. The molecule has 29 heavy (non-hydrogen) atoms. The van der Waals surface area contributed by atoms with Gasteiger partial charge in [-0.05, 0) is 37.6 Å². The van der Waals surface area contributed by atoms with Crippen LogP contribution in [0, 0.1) is 5.41 Å². The Balaban J connectivity index is 1.72. The Labute approximate surface area is 169 Å². The fourth-order valence-electron chi connectivity index (χ4n) is 3.05. The molecule has 8 nitrogen and oxygen atoms in total. The van der Waals surface area contributed by atoms with E-state index in [0.717, 1.165) is 29.7 Å². The zero-order valence-electron chi connectivity index (χ0n) is 16.3. The number of pyridine rings is 1. The van der Waals surface area contributed by atoms with Crippen molar-refractivity contribution in [3.05, 3.63) is 71.0 Å². The molecule has 0 fully saturated rings. The molecule has 2 aliphatic rings. The Morgan fingerprint density at radius 1 is 1.28 bits per heavy atom. The molecule has 1 aliphatic carbocycles. The van der Waals surface area contributed by atoms with E-state index >= 15 is 0 Å². The number of likely N-dealkylation sites (N-methyl/N-ethyl adjacent to an activating group) is 1. The van der Waals surface area contributed by atoms with Gasteiger partial charge in [0.15, 0.2) is 0 Å². The number of hydrogen-bond donors (Lipinski definition) is 5. The third kappa shape index (κ3) is 5.05. The van der Waals surface area contributed by atoms with Gasteiger partial charge < -0.3 is 21.7 Å². The second kappa shape index (κ2) is 9.61. The first-order valence-electron chi connectivity index (χ1n) is 9.44. The molecule has 0 saturated carbocycles. The minimum Gasteiger partial charge on any atom is -0.384 e. The van der Waals surface area contributed by atoms with Crippen LogP contribution in [0.5, 0.6) is 0 Å². The van der Waals surface area contributed by atoms with E-state index in [2.05, 4.69) is 25.9 Å². The van der Waals surface area contributed by atoms with E-state index in [4.69, 9.17) is 11.1 Å². The Bertz CT molecular complexity index is 939. The van der Waals surface area contributed by atoms with E-state index in [1.165, 1.54) is 0 Å². The number of aromatic nitrogens is 1. The van der Waals surface area contributed by atoms with Crippen LogP contribution in [0.1, 0.15) is 18.5 Å². The molecule has 3 rings (SSSR count). The molecular weight excluding hydrogens is 366 g/mol. The molecule has 0 aromatic carbocycles. The fraction of sp³-hybridized carbons (Fsp3) is 0.238. The summed E-state index contributed by atoms with van der Waals surface area (Å²) in [6.45, 7) is 1.35. The summed E-state index contributed by atoms with van der Waals surface area (Å²) in [5.74, 6) is 0.358. The summed E-state index contributed by atoms with van der Waals surface area (Å²) in [6.07, 6.45) is 10.5. The van der Waals surface area contributed by atoms with Gasteiger partial charge in [-0.25, -0.2) is 4.99 Å². The Morgan fingerprint density at radius 3 is 2.72 bits per heavy atom. The van der Waals surface area contributed by atoms with Crippen molar-refractivity contribution in [1.29, 1.82) is 5.41 Å². The molecule has 1 amide bonds. The third-order valence-corrected chi connectivity index (χ3v) is 4.60. The van der Waals surface area contributed by atoms with Crippen molar-refractivity contribution >= 4 is 23.5 Å². The lowest BCUT2D eigenvalue weighted by Gasteiger charge is -2.19. The number of rotatable bonds is 7. The Morgan fingerprint density at radius 2 is 2.14 bits per heavy atom. The summed E-state index contributed by atoms with van der Waals surface area (Å²) in [4.78, 5) is 20.9. The van der Waals surface area contributed by atoms with Crippen molar-refractivity contribution in [2.45, 2.75) is 12.8 Å². The average molecular weight is 391 g/mol. The fourth-order valence-corrected chi connectivity index (χ4v) is 3.05. The molecule has 0 spiro atoms. The minimum absolute atomic E-state index is 0.0216. The summed E-state index contributed by atoms with van der Waals surface area (Å²) in [7, 11) is 1.85. The number of amides is 1. The molecule has 0 radical (unpaired) electrons. The van der Waals surface area contributed by atoms with E-state index in [9.17, 15) is 4.79 Å². The number of amidine groups is 1. The van der Waals surface area contributed by atoms with Crippen LogP contribution < -0.4 is 21.7 Å².